The van der Waals surface area contributed by atoms with Gasteiger partial charge in [0, 0.05) is 6.54 Å². The zero-order chi connectivity index (χ0) is 13.0. The van der Waals surface area contributed by atoms with Crippen molar-refractivity contribution in [3.63, 3.8) is 0 Å². The minimum Gasteiger partial charge on any atom is -0.270 e. The lowest BCUT2D eigenvalue weighted by Gasteiger charge is -2.04. The van der Waals surface area contributed by atoms with Gasteiger partial charge in [-0.05, 0) is 34.3 Å². The van der Waals surface area contributed by atoms with Crippen molar-refractivity contribution in [3.05, 3.63) is 61.3 Å². The van der Waals surface area contributed by atoms with Crippen LogP contribution < -0.4 is 11.2 Å². The van der Waals surface area contributed by atoms with Gasteiger partial charge in [0.2, 0.25) is 0 Å². The van der Waals surface area contributed by atoms with Gasteiger partial charge in [-0.25, -0.2) is 9.48 Å². The lowest BCUT2D eigenvalue weighted by atomic mass is 10.1. The van der Waals surface area contributed by atoms with Crippen LogP contribution in [0.15, 0.2) is 44.5 Å². The molecule has 1 aromatic heterocycles. The van der Waals surface area contributed by atoms with Gasteiger partial charge >= 0.3 is 5.69 Å². The second-order valence-corrected chi connectivity index (χ2v) is 4.61. The summed E-state index contributed by atoms with van der Waals surface area (Å²) in [6.45, 7) is 0.475. The lowest BCUT2D eigenvalue weighted by Crippen LogP contribution is -2.33. The van der Waals surface area contributed by atoms with Gasteiger partial charge in [0.15, 0.2) is 4.60 Å². The Morgan fingerprint density at radius 3 is 2.67 bits per heavy atom. The largest absolute Gasteiger partial charge is 0.344 e. The van der Waals surface area contributed by atoms with E-state index in [9.17, 15) is 9.59 Å². The lowest BCUT2D eigenvalue weighted by molar-refractivity contribution is 0.524. The van der Waals surface area contributed by atoms with E-state index in [2.05, 4.69) is 26.0 Å². The predicted molar refractivity (Wildman–Crippen MR) is 71.6 cm³/mol. The third-order valence-corrected chi connectivity index (χ3v) is 3.05. The second-order valence-electron chi connectivity index (χ2n) is 3.86. The molecule has 94 valence electrons. The molecule has 0 amide bonds. The Kier molecular flexibility index (Phi) is 4.09. The van der Waals surface area contributed by atoms with Crippen LogP contribution in [0.3, 0.4) is 0 Å². The minimum atomic E-state index is -0.501. The topological polar surface area (TPSA) is 67.8 Å². The van der Waals surface area contributed by atoms with E-state index in [4.69, 9.17) is 0 Å². The first-order valence-electron chi connectivity index (χ1n) is 5.57. The van der Waals surface area contributed by atoms with E-state index in [1.807, 2.05) is 30.3 Å². The molecule has 0 bridgehead atoms. The number of hydrogen-bond donors (Lipinski definition) is 1. The van der Waals surface area contributed by atoms with E-state index in [0.717, 1.165) is 12.8 Å². The molecule has 1 aromatic carbocycles. The summed E-state index contributed by atoms with van der Waals surface area (Å²) in [6.07, 6.45) is 1.65. The number of nitrogens with zero attached hydrogens (tertiary/aromatic N) is 2. The maximum absolute atomic E-state index is 11.5. The van der Waals surface area contributed by atoms with Crippen LogP contribution in [0, 0.1) is 0 Å². The highest BCUT2D eigenvalue weighted by molar-refractivity contribution is 9.10. The zero-order valence-corrected chi connectivity index (χ0v) is 11.2. The highest BCUT2D eigenvalue weighted by Crippen LogP contribution is 2.03. The zero-order valence-electron chi connectivity index (χ0n) is 9.60. The Morgan fingerprint density at radius 2 is 1.94 bits per heavy atom. The molecule has 6 heteroatoms. The van der Waals surface area contributed by atoms with Crippen LogP contribution in [0.2, 0.25) is 0 Å². The van der Waals surface area contributed by atoms with E-state index >= 15 is 0 Å². The molecule has 0 unspecified atom stereocenters. The highest BCUT2D eigenvalue weighted by Gasteiger charge is 2.03. The summed E-state index contributed by atoms with van der Waals surface area (Å²) in [6, 6.07) is 10.0. The first-order chi connectivity index (χ1) is 8.66. The molecule has 2 aromatic rings. The Hall–Kier alpha value is -1.69. The number of aryl methyl sites for hydroxylation is 2. The van der Waals surface area contributed by atoms with Crippen molar-refractivity contribution in [3.8, 4) is 0 Å². The van der Waals surface area contributed by atoms with Crippen LogP contribution in [0.4, 0.5) is 0 Å². The Bertz CT molecular complexity index is 634. The standard InChI is InChI=1S/C12H12BrN3O2/c13-10-11(17)14-12(18)16(15-10)8-4-7-9-5-2-1-3-6-9/h1-3,5-6H,4,7-8H2,(H,14,17,18). The Labute approximate surface area is 112 Å². The smallest absolute Gasteiger partial charge is 0.270 e. The number of aromatic nitrogens is 3. The van der Waals surface area contributed by atoms with Crippen LogP contribution in [0.25, 0.3) is 0 Å². The molecule has 2 rings (SSSR count). The number of H-pyrrole nitrogens is 1. The van der Waals surface area contributed by atoms with E-state index in [1.54, 1.807) is 0 Å². The van der Waals surface area contributed by atoms with Gasteiger partial charge < -0.3 is 0 Å². The van der Waals surface area contributed by atoms with Crippen LogP contribution in [0.1, 0.15) is 12.0 Å². The normalized spacial score (nSPS) is 10.5. The third-order valence-electron chi connectivity index (χ3n) is 2.53. The van der Waals surface area contributed by atoms with Gasteiger partial charge in [-0.2, -0.15) is 5.10 Å². The number of aromatic amines is 1. The molecule has 0 spiro atoms. The molecular weight excluding hydrogens is 298 g/mol. The maximum Gasteiger partial charge on any atom is 0.344 e. The van der Waals surface area contributed by atoms with Crippen molar-refractivity contribution in [1.82, 2.24) is 14.8 Å². The van der Waals surface area contributed by atoms with E-state index < -0.39 is 11.2 Å². The van der Waals surface area contributed by atoms with Gasteiger partial charge in [-0.15, -0.1) is 0 Å². The summed E-state index contributed by atoms with van der Waals surface area (Å²) in [5.41, 5.74) is 0.240. The summed E-state index contributed by atoms with van der Waals surface area (Å²) < 4.78 is 1.39. The molecular formula is C12H12BrN3O2. The third kappa shape index (κ3) is 3.16. The van der Waals surface area contributed by atoms with Crippen LogP contribution in [-0.2, 0) is 13.0 Å². The van der Waals surface area contributed by atoms with Crippen molar-refractivity contribution in [2.45, 2.75) is 19.4 Å². The number of rotatable bonds is 4. The second kappa shape index (κ2) is 5.77. The molecule has 0 aliphatic carbocycles. The summed E-state index contributed by atoms with van der Waals surface area (Å²) in [5.74, 6) is 0. The minimum absolute atomic E-state index is 0.127. The van der Waals surface area contributed by atoms with Gasteiger partial charge in [-0.1, -0.05) is 30.3 Å². The number of halogens is 1. The predicted octanol–water partition coefficient (Wildman–Crippen LogP) is 1.33. The number of benzene rings is 1. The molecule has 18 heavy (non-hydrogen) atoms. The molecule has 0 saturated heterocycles. The van der Waals surface area contributed by atoms with Crippen molar-refractivity contribution < 1.29 is 0 Å². The Balaban J connectivity index is 2.01. The quantitative estimate of drug-likeness (QED) is 0.926. The van der Waals surface area contributed by atoms with Crippen LogP contribution in [-0.4, -0.2) is 14.8 Å². The summed E-state index contributed by atoms with van der Waals surface area (Å²) in [5, 5.41) is 3.88. The fraction of sp³-hybridized carbons (Fsp3) is 0.250. The molecule has 5 nitrogen and oxygen atoms in total. The molecule has 0 aliphatic rings. The summed E-state index contributed by atoms with van der Waals surface area (Å²) in [4.78, 5) is 24.8. The van der Waals surface area contributed by atoms with Crippen LogP contribution >= 0.6 is 15.9 Å². The maximum atomic E-state index is 11.5. The number of nitrogens with one attached hydrogen (secondary N) is 1. The fourth-order valence-corrected chi connectivity index (χ4v) is 1.93. The van der Waals surface area contributed by atoms with Gasteiger partial charge in [0.1, 0.15) is 0 Å². The fourth-order valence-electron chi connectivity index (χ4n) is 1.64. The SMILES string of the molecule is O=c1[nH]c(=O)n(CCCc2ccccc2)nc1Br. The van der Waals surface area contributed by atoms with Gasteiger partial charge in [-0.3, -0.25) is 9.78 Å². The van der Waals surface area contributed by atoms with Crippen molar-refractivity contribution in [1.29, 1.82) is 0 Å². The summed E-state index contributed by atoms with van der Waals surface area (Å²) in [7, 11) is 0. The van der Waals surface area contributed by atoms with Gasteiger partial charge in [0.05, 0.1) is 0 Å². The van der Waals surface area contributed by atoms with E-state index in [-0.39, 0.29) is 4.60 Å². The van der Waals surface area contributed by atoms with E-state index in [0.29, 0.717) is 6.54 Å². The molecule has 0 atom stereocenters. The molecule has 1 N–H and O–H groups in total. The van der Waals surface area contributed by atoms with Crippen molar-refractivity contribution in [2.24, 2.45) is 0 Å². The average molecular weight is 310 g/mol. The molecule has 0 fully saturated rings. The summed E-state index contributed by atoms with van der Waals surface area (Å²) >= 11 is 3.00. The van der Waals surface area contributed by atoms with Crippen LogP contribution in [0.5, 0.6) is 0 Å². The molecule has 0 saturated carbocycles. The molecule has 1 heterocycles. The first-order valence-corrected chi connectivity index (χ1v) is 6.37. The highest BCUT2D eigenvalue weighted by atomic mass is 79.9. The van der Waals surface area contributed by atoms with Gasteiger partial charge in [0.25, 0.3) is 5.56 Å². The molecule has 0 radical (unpaired) electrons. The monoisotopic (exact) mass is 309 g/mol. The Morgan fingerprint density at radius 1 is 1.22 bits per heavy atom. The van der Waals surface area contributed by atoms with E-state index in [1.165, 1.54) is 10.2 Å². The van der Waals surface area contributed by atoms with Crippen molar-refractivity contribution in [2.75, 3.05) is 0 Å². The number of hydrogen-bond acceptors (Lipinski definition) is 3. The first kappa shape index (κ1) is 12.8. The average Bonchev–Trinajstić information content (AvgIpc) is 2.37. The molecule has 0 aliphatic heterocycles. The van der Waals surface area contributed by atoms with Crippen molar-refractivity contribution >= 4 is 15.9 Å².